The summed E-state index contributed by atoms with van der Waals surface area (Å²) in [6.45, 7) is 18.1. The molecule has 0 saturated carbocycles. The molecule has 0 aromatic heterocycles. The normalized spacial score (nSPS) is 30.2. The second kappa shape index (κ2) is 21.0. The van der Waals surface area contributed by atoms with E-state index in [2.05, 4.69) is 24.1 Å². The number of nitro groups is 1. The number of aromatic hydroxyl groups is 1. The van der Waals surface area contributed by atoms with Gasteiger partial charge < -0.3 is 49.2 Å². The van der Waals surface area contributed by atoms with E-state index in [4.69, 9.17) is 28.7 Å². The molecule has 1 spiro atoms. The van der Waals surface area contributed by atoms with Gasteiger partial charge in [0.25, 0.3) is 17.4 Å². The van der Waals surface area contributed by atoms with E-state index in [-0.39, 0.29) is 69.6 Å². The summed E-state index contributed by atoms with van der Waals surface area (Å²) < 4.78 is 30.0. The fourth-order valence-electron chi connectivity index (χ4n) is 10.5. The van der Waals surface area contributed by atoms with E-state index in [1.807, 2.05) is 0 Å². The number of aliphatic hydroxyl groups excluding tert-OH is 2. The van der Waals surface area contributed by atoms with Crippen molar-refractivity contribution in [1.29, 1.82) is 0 Å². The number of hydrogen-bond acceptors (Lipinski definition) is 17. The molecular formula is C53H65N5O15. The molecule has 0 unspecified atom stereocenters. The van der Waals surface area contributed by atoms with Crippen LogP contribution in [0.5, 0.6) is 17.2 Å². The van der Waals surface area contributed by atoms with Gasteiger partial charge in [-0.3, -0.25) is 34.3 Å². The zero-order chi connectivity index (χ0) is 53.6. The van der Waals surface area contributed by atoms with Crippen molar-refractivity contribution in [1.82, 2.24) is 15.1 Å². The minimum Gasteiger partial charge on any atom is -0.507 e. The van der Waals surface area contributed by atoms with Crippen LogP contribution in [0.25, 0.3) is 0 Å². The third-order valence-corrected chi connectivity index (χ3v) is 14.6. The molecule has 2 amide bonds. The van der Waals surface area contributed by atoms with Crippen LogP contribution in [0.15, 0.2) is 76.8 Å². The SMILES string of the molecule is CO[C@H]1/C=C/O[C@@]2(C)Oc3c(C)c(O)c4c(c3C2=O)C2=NC3(CCN(CC(C)C)CC3)N(C(=O)Oc3ccc([N+](=O)[O-])cc3)C2=C(NC(=O)/C(C)=C\C=C\[C@H](C)[C@H](O)[C@@H](C)[C@@H](O)[C@@H](C)[C@H](OC(C)=O)[C@@H]1C)C4=O. The number of amides is 2. The maximum atomic E-state index is 15.3. The molecule has 5 aliphatic rings. The van der Waals surface area contributed by atoms with Crippen molar-refractivity contribution in [2.45, 2.75) is 118 Å². The number of carbonyl (C=O) groups excluding carboxylic acids is 5. The van der Waals surface area contributed by atoms with Crippen LogP contribution in [0, 0.1) is 46.6 Å². The van der Waals surface area contributed by atoms with Gasteiger partial charge in [0.1, 0.15) is 40.4 Å². The highest BCUT2D eigenvalue weighted by Gasteiger charge is 2.58. The van der Waals surface area contributed by atoms with Gasteiger partial charge in [0.2, 0.25) is 5.78 Å². The monoisotopic (exact) mass is 1010 g/mol. The van der Waals surface area contributed by atoms with Crippen molar-refractivity contribution in [2.24, 2.45) is 34.6 Å². The molecular weight excluding hydrogens is 947 g/mol. The lowest BCUT2D eigenvalue weighted by atomic mass is 9.78. The Bertz CT molecular complexity index is 2740. The second-order valence-electron chi connectivity index (χ2n) is 20.3. The number of Topliss-reactive ketones (excluding diaryl/α,β-unsaturated/α-hetero) is 2. The summed E-state index contributed by atoms with van der Waals surface area (Å²) in [6.07, 6.45) is 2.48. The van der Waals surface area contributed by atoms with E-state index in [1.165, 1.54) is 76.3 Å². The summed E-state index contributed by atoms with van der Waals surface area (Å²) >= 11 is 0. The molecule has 0 radical (unpaired) electrons. The largest absolute Gasteiger partial charge is 0.507 e. The number of nitro benzene ring substituents is 1. The predicted octanol–water partition coefficient (Wildman–Crippen LogP) is 6.44. The maximum Gasteiger partial charge on any atom is 0.421 e. The van der Waals surface area contributed by atoms with Gasteiger partial charge in [0.05, 0.1) is 46.3 Å². The molecule has 1 fully saturated rings. The lowest BCUT2D eigenvalue weighted by Gasteiger charge is -2.43. The minimum absolute atomic E-state index is 0.0111. The first-order valence-electron chi connectivity index (χ1n) is 24.4. The molecule has 4 N–H and O–H groups in total. The zero-order valence-electron chi connectivity index (χ0n) is 43.0. The standard InChI is InChI=1S/C53H65N5O15/c1-26(2)25-56-22-20-53(21-23-56)55-40-37-38-45(62)32(8)48-39(37)49(64)52(10,73-48)70-24-19-36(69-11)29(5)47(71-33(9)59)31(7)44(61)30(6)43(60)27(3)13-12-14-28(4)50(65)54-41(46(38)63)42(40)57(53)51(66)72-35-17-15-34(16-18-35)58(67)68/h12-19,24,26-27,29-31,36,43-44,47,60-62H,20-23,25H2,1-11H3,(H,54,65)/b13-12+,24-19+,28-14-/t27-,29+,30+,31+,36-,43-,44+,47+,52-/m0/s1. The number of likely N-dealkylation sites (tertiary alicyclic amines) is 1. The van der Waals surface area contributed by atoms with Crippen LogP contribution < -0.4 is 14.8 Å². The first-order valence-corrected chi connectivity index (χ1v) is 24.4. The molecule has 392 valence electrons. The van der Waals surface area contributed by atoms with Crippen molar-refractivity contribution in [2.75, 3.05) is 26.7 Å². The number of nitrogens with one attached hydrogen (secondary N) is 1. The lowest BCUT2D eigenvalue weighted by molar-refractivity contribution is -0.384. The number of phenols is 1. The number of rotatable bonds is 6. The third kappa shape index (κ3) is 10.2. The van der Waals surface area contributed by atoms with Gasteiger partial charge in [0, 0.05) is 106 Å². The summed E-state index contributed by atoms with van der Waals surface area (Å²) in [5, 5.41) is 49.5. The van der Waals surface area contributed by atoms with Crippen molar-refractivity contribution in [3.8, 4) is 17.2 Å². The Hall–Kier alpha value is -6.74. The number of piperidine rings is 1. The van der Waals surface area contributed by atoms with Crippen molar-refractivity contribution in [3.05, 3.63) is 104 Å². The smallest absolute Gasteiger partial charge is 0.421 e. The molecule has 2 aromatic rings. The van der Waals surface area contributed by atoms with E-state index in [0.29, 0.717) is 13.1 Å². The molecule has 4 heterocycles. The number of fused-ring (bicyclic) bond motifs is 3. The van der Waals surface area contributed by atoms with Crippen LogP contribution in [0.2, 0.25) is 0 Å². The molecule has 2 aromatic carbocycles. The molecule has 5 bridgehead atoms. The molecule has 4 aliphatic heterocycles. The van der Waals surface area contributed by atoms with Crippen LogP contribution in [-0.2, 0) is 23.8 Å². The third-order valence-electron chi connectivity index (χ3n) is 14.6. The summed E-state index contributed by atoms with van der Waals surface area (Å²) in [4.78, 5) is 91.9. The summed E-state index contributed by atoms with van der Waals surface area (Å²) in [7, 11) is 1.42. The lowest BCUT2D eigenvalue weighted by Crippen LogP contribution is -2.55. The molecule has 7 rings (SSSR count). The number of ether oxygens (including phenoxy) is 5. The number of allylic oxidation sites excluding steroid dienone is 4. The van der Waals surface area contributed by atoms with Crippen LogP contribution >= 0.6 is 0 Å². The van der Waals surface area contributed by atoms with E-state index in [1.54, 1.807) is 33.8 Å². The number of esters is 1. The fourth-order valence-corrected chi connectivity index (χ4v) is 10.5. The number of nitrogens with zero attached hydrogens (tertiary/aromatic N) is 4. The van der Waals surface area contributed by atoms with Crippen LogP contribution in [0.3, 0.4) is 0 Å². The summed E-state index contributed by atoms with van der Waals surface area (Å²) in [5.41, 5.74) is -3.23. The first kappa shape index (κ1) is 54.0. The molecule has 73 heavy (non-hydrogen) atoms. The number of hydrogen-bond donors (Lipinski definition) is 4. The number of methoxy groups -OCH3 is 1. The number of non-ortho nitro benzene ring substituents is 1. The number of carbonyl (C=O) groups is 5. The van der Waals surface area contributed by atoms with E-state index in [9.17, 15) is 39.8 Å². The molecule has 20 heteroatoms. The van der Waals surface area contributed by atoms with Crippen LogP contribution in [0.1, 0.15) is 107 Å². The quantitative estimate of drug-likeness (QED) is 0.138. The maximum absolute atomic E-state index is 15.3. The predicted molar refractivity (Wildman–Crippen MR) is 265 cm³/mol. The Kier molecular flexibility index (Phi) is 15.6. The first-order chi connectivity index (χ1) is 34.4. The number of ketones is 2. The van der Waals surface area contributed by atoms with Crippen LogP contribution in [-0.4, -0.2) is 128 Å². The molecule has 1 aliphatic carbocycles. The van der Waals surface area contributed by atoms with Gasteiger partial charge in [-0.1, -0.05) is 59.8 Å². The summed E-state index contributed by atoms with van der Waals surface area (Å²) in [5.74, 6) is -8.56. The second-order valence-corrected chi connectivity index (χ2v) is 20.3. The van der Waals surface area contributed by atoms with Crippen molar-refractivity contribution in [3.63, 3.8) is 0 Å². The summed E-state index contributed by atoms with van der Waals surface area (Å²) in [6, 6.07) is 4.81. The van der Waals surface area contributed by atoms with Crippen molar-refractivity contribution >= 4 is 40.9 Å². The Morgan fingerprint density at radius 2 is 1.63 bits per heavy atom. The van der Waals surface area contributed by atoms with Gasteiger partial charge in [-0.25, -0.2) is 9.69 Å². The highest BCUT2D eigenvalue weighted by Crippen LogP contribution is 2.52. The zero-order valence-corrected chi connectivity index (χ0v) is 43.0. The molecule has 9 atom stereocenters. The van der Waals surface area contributed by atoms with Gasteiger partial charge in [-0.2, -0.15) is 0 Å². The van der Waals surface area contributed by atoms with Gasteiger partial charge >= 0.3 is 17.8 Å². The minimum atomic E-state index is -2.15. The van der Waals surface area contributed by atoms with Gasteiger partial charge in [-0.15, -0.1) is 0 Å². The average molecular weight is 1010 g/mol. The highest BCUT2D eigenvalue weighted by atomic mass is 16.7. The molecule has 1 saturated heterocycles. The Morgan fingerprint density at radius 1 is 0.973 bits per heavy atom. The number of benzene rings is 2. The Balaban J connectivity index is 1.44. The Morgan fingerprint density at radius 3 is 2.23 bits per heavy atom. The van der Waals surface area contributed by atoms with Crippen LogP contribution in [0.4, 0.5) is 10.5 Å². The number of phenolic OH excluding ortho intramolecular Hbond substituents is 1. The van der Waals surface area contributed by atoms with E-state index < -0.39 is 111 Å². The fraction of sp³-hybridized carbons (Fsp3) is 0.509. The average Bonchev–Trinajstić information content (AvgIpc) is 3.81. The van der Waals surface area contributed by atoms with Gasteiger partial charge in [-0.05, 0) is 38.0 Å². The number of aliphatic hydroxyl groups is 2. The number of aliphatic imine (C=N–C) groups is 1. The topological polar surface area (TPSA) is 266 Å². The Labute approximate surface area is 423 Å². The van der Waals surface area contributed by atoms with E-state index in [0.717, 1.165) is 18.7 Å². The highest BCUT2D eigenvalue weighted by molar-refractivity contribution is 6.35. The van der Waals surface area contributed by atoms with Gasteiger partial charge in [0.15, 0.2) is 0 Å². The van der Waals surface area contributed by atoms with E-state index >= 15 is 9.59 Å². The molecule has 20 nitrogen and oxygen atoms in total. The van der Waals surface area contributed by atoms with Crippen molar-refractivity contribution < 1.29 is 67.9 Å².